The molecular weight excluding hydrogens is 341 g/mol. The Morgan fingerprint density at radius 1 is 1.33 bits per heavy atom. The molecule has 5 nitrogen and oxygen atoms in total. The van der Waals surface area contributed by atoms with Gasteiger partial charge in [0.2, 0.25) is 5.82 Å². The van der Waals surface area contributed by atoms with E-state index in [1.54, 1.807) is 6.20 Å². The number of imidazole rings is 1. The van der Waals surface area contributed by atoms with Crippen molar-refractivity contribution in [2.45, 2.75) is 6.92 Å². The fourth-order valence-corrected chi connectivity index (χ4v) is 2.74. The lowest BCUT2D eigenvalue weighted by atomic mass is 10.1. The third-order valence-electron chi connectivity index (χ3n) is 3.14. The maximum atomic E-state index is 13.4. The molecule has 0 aliphatic rings. The van der Waals surface area contributed by atoms with E-state index in [1.807, 2.05) is 23.6 Å². The summed E-state index contributed by atoms with van der Waals surface area (Å²) in [5, 5.41) is 10.8. The van der Waals surface area contributed by atoms with Gasteiger partial charge in [-0.25, -0.2) is 4.98 Å². The van der Waals surface area contributed by atoms with Gasteiger partial charge in [-0.05, 0) is 46.6 Å². The van der Waals surface area contributed by atoms with Crippen LogP contribution in [-0.4, -0.2) is 14.3 Å². The molecule has 0 N–H and O–H groups in total. The van der Waals surface area contributed by atoms with E-state index < -0.39 is 16.4 Å². The zero-order valence-corrected chi connectivity index (χ0v) is 12.5. The molecule has 0 unspecified atom stereocenters. The van der Waals surface area contributed by atoms with Crippen molar-refractivity contribution in [1.29, 1.82) is 0 Å². The Kier molecular flexibility index (Phi) is 3.21. The van der Waals surface area contributed by atoms with Gasteiger partial charge in [-0.1, -0.05) is 0 Å². The third-order valence-corrected chi connectivity index (χ3v) is 3.57. The molecule has 21 heavy (non-hydrogen) atoms. The lowest BCUT2D eigenvalue weighted by molar-refractivity contribution is -0.387. The van der Waals surface area contributed by atoms with Crippen LogP contribution >= 0.6 is 15.9 Å². The molecule has 3 rings (SSSR count). The minimum atomic E-state index is -0.855. The van der Waals surface area contributed by atoms with Crippen molar-refractivity contribution < 1.29 is 9.31 Å². The number of nitro groups is 1. The van der Waals surface area contributed by atoms with E-state index >= 15 is 0 Å². The maximum absolute atomic E-state index is 13.4. The molecule has 2 aromatic heterocycles. The summed E-state index contributed by atoms with van der Waals surface area (Å²) in [6.07, 6.45) is 3.60. The van der Waals surface area contributed by atoms with E-state index in [9.17, 15) is 14.5 Å². The molecule has 0 saturated carbocycles. The van der Waals surface area contributed by atoms with Crippen molar-refractivity contribution in [3.8, 4) is 11.3 Å². The van der Waals surface area contributed by atoms with Crippen molar-refractivity contribution in [2.24, 2.45) is 0 Å². The van der Waals surface area contributed by atoms with Crippen molar-refractivity contribution in [3.05, 3.63) is 62.6 Å². The van der Waals surface area contributed by atoms with Gasteiger partial charge in [0.15, 0.2) is 0 Å². The highest BCUT2D eigenvalue weighted by molar-refractivity contribution is 9.10. The van der Waals surface area contributed by atoms with Crippen LogP contribution in [0, 0.1) is 22.9 Å². The van der Waals surface area contributed by atoms with Crippen molar-refractivity contribution in [3.63, 3.8) is 0 Å². The van der Waals surface area contributed by atoms with Gasteiger partial charge in [-0.15, -0.1) is 0 Å². The van der Waals surface area contributed by atoms with Crippen molar-refractivity contribution >= 4 is 27.3 Å². The second kappa shape index (κ2) is 4.92. The average molecular weight is 350 g/mol. The standard InChI is InChI=1S/C14H9BrFN3O2/c1-8-4-10(15)6-18-7-12(17-14(8)18)9-2-3-11(16)13(5-9)19(20)21/h2-7H,1H3. The van der Waals surface area contributed by atoms with E-state index in [4.69, 9.17) is 0 Å². The number of fused-ring (bicyclic) bond motifs is 1. The number of halogens is 2. The number of rotatable bonds is 2. The van der Waals surface area contributed by atoms with E-state index in [2.05, 4.69) is 20.9 Å². The van der Waals surface area contributed by atoms with E-state index in [-0.39, 0.29) is 0 Å². The van der Waals surface area contributed by atoms with Crippen LogP contribution in [0.3, 0.4) is 0 Å². The molecule has 2 heterocycles. The van der Waals surface area contributed by atoms with Crippen LogP contribution < -0.4 is 0 Å². The summed E-state index contributed by atoms with van der Waals surface area (Å²) in [5.41, 5.74) is 2.22. The first-order valence-corrected chi connectivity index (χ1v) is 6.84. The van der Waals surface area contributed by atoms with Gasteiger partial charge < -0.3 is 4.40 Å². The summed E-state index contributed by atoms with van der Waals surface area (Å²) in [7, 11) is 0. The Bertz CT molecular complexity index is 876. The van der Waals surface area contributed by atoms with Crippen LogP contribution in [0.25, 0.3) is 16.9 Å². The molecule has 0 aliphatic heterocycles. The normalized spacial score (nSPS) is 11.0. The molecule has 0 amide bonds. The Morgan fingerprint density at radius 2 is 2.10 bits per heavy atom. The number of aryl methyl sites for hydroxylation is 1. The number of pyridine rings is 1. The van der Waals surface area contributed by atoms with Gasteiger partial charge in [0.1, 0.15) is 5.65 Å². The first-order chi connectivity index (χ1) is 9.95. The summed E-state index contributed by atoms with van der Waals surface area (Å²) in [6.45, 7) is 1.92. The van der Waals surface area contributed by atoms with Gasteiger partial charge in [-0.3, -0.25) is 10.1 Å². The molecule has 0 bridgehead atoms. The molecule has 3 aromatic rings. The molecular formula is C14H9BrFN3O2. The third kappa shape index (κ3) is 2.40. The highest BCUT2D eigenvalue weighted by Gasteiger charge is 2.16. The zero-order valence-electron chi connectivity index (χ0n) is 10.9. The Labute approximate surface area is 127 Å². The molecule has 0 saturated heterocycles. The van der Waals surface area contributed by atoms with Crippen LogP contribution in [0.4, 0.5) is 10.1 Å². The van der Waals surface area contributed by atoms with Crippen molar-refractivity contribution in [1.82, 2.24) is 9.38 Å². The maximum Gasteiger partial charge on any atom is 0.305 e. The summed E-state index contributed by atoms with van der Waals surface area (Å²) < 4.78 is 16.1. The molecule has 0 spiro atoms. The quantitative estimate of drug-likeness (QED) is 0.516. The molecule has 0 fully saturated rings. The minimum Gasteiger partial charge on any atom is -0.305 e. The fraction of sp³-hybridized carbons (Fsp3) is 0.0714. The van der Waals surface area contributed by atoms with Gasteiger partial charge in [-0.2, -0.15) is 4.39 Å². The van der Waals surface area contributed by atoms with Gasteiger partial charge in [0.05, 0.1) is 10.6 Å². The molecule has 7 heteroatoms. The highest BCUT2D eigenvalue weighted by Crippen LogP contribution is 2.27. The number of aromatic nitrogens is 2. The first-order valence-electron chi connectivity index (χ1n) is 6.05. The number of nitro benzene ring substituents is 1. The van der Waals surface area contributed by atoms with Gasteiger partial charge >= 0.3 is 5.69 Å². The number of nitrogens with zero attached hydrogens (tertiary/aromatic N) is 3. The molecule has 1 aromatic carbocycles. The molecule has 106 valence electrons. The number of hydrogen-bond acceptors (Lipinski definition) is 3. The molecule has 0 radical (unpaired) electrons. The number of benzene rings is 1. The lowest BCUT2D eigenvalue weighted by Gasteiger charge is -1.98. The predicted octanol–water partition coefficient (Wildman–Crippen LogP) is 4.12. The summed E-state index contributed by atoms with van der Waals surface area (Å²) in [5.74, 6) is -0.855. The Hall–Kier alpha value is -2.28. The van der Waals surface area contributed by atoms with Crippen LogP contribution in [0.2, 0.25) is 0 Å². The van der Waals surface area contributed by atoms with Gasteiger partial charge in [0.25, 0.3) is 0 Å². The van der Waals surface area contributed by atoms with Gasteiger partial charge in [0, 0.05) is 28.5 Å². The van der Waals surface area contributed by atoms with Crippen LogP contribution in [0.5, 0.6) is 0 Å². The molecule has 0 aliphatic carbocycles. The van der Waals surface area contributed by atoms with Crippen LogP contribution in [0.15, 0.2) is 41.1 Å². The van der Waals surface area contributed by atoms with E-state index in [0.717, 1.165) is 21.7 Å². The highest BCUT2D eigenvalue weighted by atomic mass is 79.9. The van der Waals surface area contributed by atoms with Crippen molar-refractivity contribution in [2.75, 3.05) is 0 Å². The largest absolute Gasteiger partial charge is 0.305 e. The van der Waals surface area contributed by atoms with E-state index in [0.29, 0.717) is 11.3 Å². The molecule has 0 atom stereocenters. The fourth-order valence-electron chi connectivity index (χ4n) is 2.18. The second-order valence-electron chi connectivity index (χ2n) is 4.62. The SMILES string of the molecule is Cc1cc(Br)cn2cc(-c3ccc(F)c([N+](=O)[O-])c3)nc12. The number of hydrogen-bond donors (Lipinski definition) is 0. The topological polar surface area (TPSA) is 60.4 Å². The summed E-state index contributed by atoms with van der Waals surface area (Å²) in [4.78, 5) is 14.5. The summed E-state index contributed by atoms with van der Waals surface area (Å²) >= 11 is 3.40. The average Bonchev–Trinajstić information content (AvgIpc) is 2.83. The Morgan fingerprint density at radius 3 is 2.81 bits per heavy atom. The monoisotopic (exact) mass is 349 g/mol. The lowest BCUT2D eigenvalue weighted by Crippen LogP contribution is -1.92. The second-order valence-corrected chi connectivity index (χ2v) is 5.54. The predicted molar refractivity (Wildman–Crippen MR) is 79.7 cm³/mol. The summed E-state index contributed by atoms with van der Waals surface area (Å²) in [6, 6.07) is 5.69. The smallest absolute Gasteiger partial charge is 0.305 e. The zero-order chi connectivity index (χ0) is 15.1. The van der Waals surface area contributed by atoms with Crippen LogP contribution in [0.1, 0.15) is 5.56 Å². The van der Waals surface area contributed by atoms with Crippen LogP contribution in [-0.2, 0) is 0 Å². The van der Waals surface area contributed by atoms with E-state index in [1.165, 1.54) is 12.1 Å². The Balaban J connectivity index is 2.19. The first kappa shape index (κ1) is 13.7. The minimum absolute atomic E-state index is 0.502.